The van der Waals surface area contributed by atoms with Gasteiger partial charge in [-0.15, -0.1) is 0 Å². The minimum atomic E-state index is -3.63. The van der Waals surface area contributed by atoms with Gasteiger partial charge in [-0.3, -0.25) is 0 Å². The van der Waals surface area contributed by atoms with Gasteiger partial charge in [0.05, 0.1) is 0 Å². The monoisotopic (exact) mass is 324 g/mol. The molecule has 0 amide bonds. The fraction of sp³-hybridized carbons (Fsp3) is 0. The van der Waals surface area contributed by atoms with Crippen LogP contribution in [-0.2, 0) is 13.4 Å². The Morgan fingerprint density at radius 1 is 0.571 bits per heavy atom. The molecule has 72 valence electrons. The van der Waals surface area contributed by atoms with Gasteiger partial charge in [0.15, 0.2) is 0 Å². The van der Waals surface area contributed by atoms with E-state index in [-0.39, 0.29) is 37.2 Å². The number of rotatable bonds is 0. The van der Waals surface area contributed by atoms with E-state index in [1.807, 2.05) is 0 Å². The van der Waals surface area contributed by atoms with Crippen LogP contribution in [0.15, 0.2) is 0 Å². The quantitative estimate of drug-likeness (QED) is 0.389. The zero-order chi connectivity index (χ0) is 10.7. The third-order valence-corrected chi connectivity index (χ3v) is 0. The van der Waals surface area contributed by atoms with Gasteiger partial charge in [-0.1, -0.05) is 0 Å². The molecule has 0 spiro atoms. The molecule has 14 heteroatoms. The average Bonchev–Trinajstić information content (AvgIpc) is 1.54. The summed E-state index contributed by atoms with van der Waals surface area (Å²) in [5, 5.41) is 0. The van der Waals surface area contributed by atoms with Crippen molar-refractivity contribution in [3.8, 4) is 0 Å². The van der Waals surface area contributed by atoms with Gasteiger partial charge in [0, 0.05) is 27.5 Å². The van der Waals surface area contributed by atoms with Crippen LogP contribution < -0.4 is 28.8 Å². The maximum atomic E-state index is 8.52. The van der Waals surface area contributed by atoms with Gasteiger partial charge >= 0.3 is 37.2 Å². The van der Waals surface area contributed by atoms with E-state index >= 15 is 0 Å². The minimum Gasteiger partial charge on any atom is -0.672 e. The molecular weight excluding hydrogens is 325 g/mol. The van der Waals surface area contributed by atoms with E-state index in [1.54, 1.807) is 0 Å². The van der Waals surface area contributed by atoms with Crippen LogP contribution in [0.1, 0.15) is 0 Å². The molecule has 0 atom stereocenters. The normalized spacial score (nSPS) is 5.14. The first-order valence-electron chi connectivity index (χ1n) is 1.84. The summed E-state index contributed by atoms with van der Waals surface area (Å²) in [5.74, 6) is 0. The van der Waals surface area contributed by atoms with E-state index in [9.17, 15) is 0 Å². The van der Waals surface area contributed by atoms with E-state index in [2.05, 4.69) is 0 Å². The van der Waals surface area contributed by atoms with E-state index in [0.29, 0.717) is 0 Å². The molecule has 0 N–H and O–H groups in total. The van der Waals surface area contributed by atoms with Crippen molar-refractivity contribution in [2.45, 2.75) is 0 Å². The van der Waals surface area contributed by atoms with Crippen LogP contribution in [0.4, 0.5) is 0 Å². The molecule has 14 heavy (non-hydrogen) atoms. The molecule has 0 saturated carbocycles. The Labute approximate surface area is 107 Å². The summed E-state index contributed by atoms with van der Waals surface area (Å²) >= 11 is 0. The molecule has 0 aromatic carbocycles. The van der Waals surface area contributed by atoms with Crippen LogP contribution in [0, 0.1) is 0 Å². The van der Waals surface area contributed by atoms with Crippen molar-refractivity contribution in [3.05, 3.63) is 0 Å². The van der Waals surface area contributed by atoms with E-state index in [1.165, 1.54) is 0 Å². The molecule has 0 heterocycles. The van der Waals surface area contributed by atoms with E-state index in [4.69, 9.17) is 42.2 Å². The van der Waals surface area contributed by atoms with Crippen LogP contribution >= 0.6 is 0 Å². The summed E-state index contributed by atoms with van der Waals surface area (Å²) in [4.78, 5) is 51.1. The minimum absolute atomic E-state index is 0. The molecule has 9 nitrogen and oxygen atoms in total. The van der Waals surface area contributed by atoms with Gasteiger partial charge in [-0.05, 0) is 0 Å². The Hall–Kier alpha value is 0.0195. The largest absolute Gasteiger partial charge is 3.00 e. The third-order valence-electron chi connectivity index (χ3n) is 0. The molecule has 0 bridgehead atoms. The second kappa shape index (κ2) is 23.1. The molecule has 0 aliphatic heterocycles. The fourth-order valence-electron chi connectivity index (χ4n) is 0. The number of hydrogen-bond acceptors (Lipinski definition) is 9. The topological polar surface area (TPSA) is 190 Å². The smallest absolute Gasteiger partial charge is 0.672 e. The van der Waals surface area contributed by atoms with Gasteiger partial charge in [0.1, 0.15) is 0 Å². The van der Waals surface area contributed by atoms with Crippen molar-refractivity contribution < 1.29 is 42.2 Å². The van der Waals surface area contributed by atoms with Crippen molar-refractivity contribution >= 4 is 64.7 Å². The van der Waals surface area contributed by atoms with Gasteiger partial charge < -0.3 is 42.2 Å². The standard InChI is InChI=1S/Al.Ga.3O3Si/c;;3*1-4(2)3/q2*+3;3*-2. The summed E-state index contributed by atoms with van der Waals surface area (Å²) < 4.78 is 25.6. The predicted octanol–water partition coefficient (Wildman–Crippen LogP) is -9.39. The van der Waals surface area contributed by atoms with E-state index in [0.717, 1.165) is 0 Å². The maximum Gasteiger partial charge on any atom is 3.00 e. The molecule has 0 saturated heterocycles. The van der Waals surface area contributed by atoms with Gasteiger partial charge in [0.2, 0.25) is 0 Å². The van der Waals surface area contributed by atoms with Crippen LogP contribution in [-0.4, -0.2) is 64.7 Å². The molecule has 0 unspecified atom stereocenters. The second-order valence-corrected chi connectivity index (χ2v) is 2.25. The van der Waals surface area contributed by atoms with Gasteiger partial charge in [-0.25, -0.2) is 0 Å². The van der Waals surface area contributed by atoms with Crippen LogP contribution in [0.2, 0.25) is 0 Å². The molecule has 0 radical (unpaired) electrons. The van der Waals surface area contributed by atoms with Crippen LogP contribution in [0.5, 0.6) is 0 Å². The molecular formula is AlGaO9Si3. The van der Waals surface area contributed by atoms with E-state index < -0.39 is 27.5 Å². The zero-order valence-corrected chi connectivity index (χ0v) is 12.9. The average molecular weight is 325 g/mol. The van der Waals surface area contributed by atoms with Gasteiger partial charge in [0.25, 0.3) is 0 Å². The van der Waals surface area contributed by atoms with Crippen LogP contribution in [0.3, 0.4) is 0 Å². The zero-order valence-electron chi connectivity index (χ0n) is 6.33. The molecule has 0 rings (SSSR count). The molecule has 0 fully saturated rings. The molecule has 0 aliphatic carbocycles. The summed E-state index contributed by atoms with van der Waals surface area (Å²) in [5.41, 5.74) is 0. The summed E-state index contributed by atoms with van der Waals surface area (Å²) in [6.07, 6.45) is 0. The van der Waals surface area contributed by atoms with Crippen molar-refractivity contribution in [2.24, 2.45) is 0 Å². The fourth-order valence-corrected chi connectivity index (χ4v) is 0. The van der Waals surface area contributed by atoms with Crippen molar-refractivity contribution in [1.82, 2.24) is 0 Å². The summed E-state index contributed by atoms with van der Waals surface area (Å²) in [6, 6.07) is 0. The summed E-state index contributed by atoms with van der Waals surface area (Å²) in [7, 11) is -10.9. The van der Waals surface area contributed by atoms with Crippen molar-refractivity contribution in [3.63, 3.8) is 0 Å². The molecule has 0 aromatic rings. The Balaban J connectivity index is -0.0000000270. The van der Waals surface area contributed by atoms with Crippen molar-refractivity contribution in [1.29, 1.82) is 0 Å². The van der Waals surface area contributed by atoms with Crippen molar-refractivity contribution in [2.75, 3.05) is 0 Å². The first-order chi connectivity index (χ1) is 5.20. The predicted molar refractivity (Wildman–Crippen MR) is 30.8 cm³/mol. The maximum absolute atomic E-state index is 8.52. The third kappa shape index (κ3) is 3850000. The number of hydrogen-bond donors (Lipinski definition) is 0. The first-order valence-corrected chi connectivity index (χ1v) is 5.51. The Bertz CT molecular complexity index is 118. The van der Waals surface area contributed by atoms with Gasteiger partial charge in [-0.2, -0.15) is 0 Å². The molecule has 0 aliphatic rings. The Morgan fingerprint density at radius 3 is 0.571 bits per heavy atom. The van der Waals surface area contributed by atoms with Crippen LogP contribution in [0.25, 0.3) is 0 Å². The SMILES string of the molecule is O=[Si]([O-])[O-].O=[Si]([O-])[O-].O=[Si]([O-])[O-].[Al+3].[Ga+3]. The summed E-state index contributed by atoms with van der Waals surface area (Å²) in [6.45, 7) is 0. The molecule has 0 aromatic heterocycles. The second-order valence-electron chi connectivity index (χ2n) is 0.750. The first kappa shape index (κ1) is 29.2. The Morgan fingerprint density at radius 2 is 0.571 bits per heavy atom. The Kier molecular flexibility index (Phi) is 48.2.